The second-order valence-corrected chi connectivity index (χ2v) is 6.33. The molecule has 0 saturated heterocycles. The molecule has 0 unspecified atom stereocenters. The maximum absolute atomic E-state index is 11.9. The summed E-state index contributed by atoms with van der Waals surface area (Å²) in [5.74, 6) is 1.55. The number of para-hydroxylation sites is 1. The molecule has 0 aromatic heterocycles. The molecule has 2 N–H and O–H groups in total. The zero-order valence-electron chi connectivity index (χ0n) is 14.2. The summed E-state index contributed by atoms with van der Waals surface area (Å²) < 4.78 is 5.36. The second-order valence-electron chi connectivity index (χ2n) is 5.22. The van der Waals surface area contributed by atoms with E-state index in [1.165, 1.54) is 11.8 Å². The smallest absolute Gasteiger partial charge is 0.234 e. The quantitative estimate of drug-likeness (QED) is 0.669. The molecule has 0 fully saturated rings. The molecule has 2 aromatic carbocycles. The van der Waals surface area contributed by atoms with Gasteiger partial charge in [-0.05, 0) is 43.3 Å². The molecule has 0 heterocycles. The molecule has 0 atom stereocenters. The molecule has 2 amide bonds. The Bertz CT molecular complexity index is 675. The van der Waals surface area contributed by atoms with Gasteiger partial charge in [-0.2, -0.15) is 11.8 Å². The van der Waals surface area contributed by atoms with Crippen LogP contribution in [0.5, 0.6) is 5.75 Å². The van der Waals surface area contributed by atoms with E-state index in [0.717, 1.165) is 17.1 Å². The summed E-state index contributed by atoms with van der Waals surface area (Å²) in [4.78, 5) is 23.7. The summed E-state index contributed by atoms with van der Waals surface area (Å²) in [5, 5.41) is 5.64. The fourth-order valence-corrected chi connectivity index (χ4v) is 2.80. The fraction of sp³-hybridized carbons (Fsp3) is 0.263. The summed E-state index contributed by atoms with van der Waals surface area (Å²) in [5.41, 5.74) is 1.52. The van der Waals surface area contributed by atoms with Gasteiger partial charge in [0.25, 0.3) is 0 Å². The van der Waals surface area contributed by atoms with Crippen LogP contribution in [-0.4, -0.2) is 29.9 Å². The van der Waals surface area contributed by atoms with Crippen molar-refractivity contribution in [1.82, 2.24) is 0 Å². The monoisotopic (exact) mass is 358 g/mol. The Morgan fingerprint density at radius 1 is 0.920 bits per heavy atom. The molecule has 5 nitrogen and oxygen atoms in total. The predicted octanol–water partition coefficient (Wildman–Crippen LogP) is 3.79. The molecular weight excluding hydrogens is 336 g/mol. The van der Waals surface area contributed by atoms with E-state index >= 15 is 0 Å². The molecule has 0 bridgehead atoms. The van der Waals surface area contributed by atoms with Crippen LogP contribution in [0.4, 0.5) is 11.4 Å². The number of ether oxygens (including phenoxy) is 1. The highest BCUT2D eigenvalue weighted by molar-refractivity contribution is 7.99. The first-order chi connectivity index (χ1) is 12.2. The van der Waals surface area contributed by atoms with Gasteiger partial charge in [0.15, 0.2) is 0 Å². The normalized spacial score (nSPS) is 10.1. The molecular formula is C19H22N2O3S. The third kappa shape index (κ3) is 7.30. The lowest BCUT2D eigenvalue weighted by atomic mass is 10.3. The van der Waals surface area contributed by atoms with Gasteiger partial charge in [0.05, 0.1) is 12.4 Å². The number of rotatable bonds is 9. The minimum absolute atomic E-state index is 0.0504. The van der Waals surface area contributed by atoms with E-state index in [2.05, 4.69) is 10.6 Å². The van der Waals surface area contributed by atoms with Crippen LogP contribution in [0.2, 0.25) is 0 Å². The van der Waals surface area contributed by atoms with Gasteiger partial charge >= 0.3 is 0 Å². The van der Waals surface area contributed by atoms with Crippen LogP contribution in [0.3, 0.4) is 0 Å². The van der Waals surface area contributed by atoms with E-state index in [-0.39, 0.29) is 11.8 Å². The Balaban J connectivity index is 1.62. The summed E-state index contributed by atoms with van der Waals surface area (Å²) >= 11 is 1.43. The predicted molar refractivity (Wildman–Crippen MR) is 103 cm³/mol. The highest BCUT2D eigenvalue weighted by Gasteiger charge is 2.06. The van der Waals surface area contributed by atoms with Crippen LogP contribution in [0.1, 0.15) is 13.3 Å². The van der Waals surface area contributed by atoms with Gasteiger partial charge in [0.1, 0.15) is 5.75 Å². The van der Waals surface area contributed by atoms with Crippen molar-refractivity contribution in [3.05, 3.63) is 54.6 Å². The Hall–Kier alpha value is -2.47. The zero-order valence-corrected chi connectivity index (χ0v) is 15.0. The lowest BCUT2D eigenvalue weighted by Gasteiger charge is -2.07. The van der Waals surface area contributed by atoms with E-state index in [0.29, 0.717) is 24.5 Å². The highest BCUT2D eigenvalue weighted by Crippen LogP contribution is 2.16. The Labute approximate surface area is 152 Å². The van der Waals surface area contributed by atoms with Crippen LogP contribution in [0, 0.1) is 0 Å². The second kappa shape index (κ2) is 10.4. The molecule has 2 aromatic rings. The molecule has 0 aliphatic rings. The Morgan fingerprint density at radius 3 is 2.24 bits per heavy atom. The molecule has 0 saturated carbocycles. The number of anilines is 2. The Kier molecular flexibility index (Phi) is 7.85. The highest BCUT2D eigenvalue weighted by atomic mass is 32.2. The number of benzene rings is 2. The number of hydrogen-bond donors (Lipinski definition) is 2. The van der Waals surface area contributed by atoms with E-state index < -0.39 is 0 Å². The van der Waals surface area contributed by atoms with Gasteiger partial charge in [-0.1, -0.05) is 18.2 Å². The van der Waals surface area contributed by atoms with Crippen molar-refractivity contribution >= 4 is 35.0 Å². The van der Waals surface area contributed by atoms with Crippen LogP contribution < -0.4 is 15.4 Å². The van der Waals surface area contributed by atoms with Gasteiger partial charge in [-0.15, -0.1) is 0 Å². The number of carbonyl (C=O) groups is 2. The molecule has 0 radical (unpaired) electrons. The minimum Gasteiger partial charge on any atom is -0.494 e. The number of carbonyl (C=O) groups excluding carboxylic acids is 2. The van der Waals surface area contributed by atoms with Crippen molar-refractivity contribution in [3.63, 3.8) is 0 Å². The summed E-state index contributed by atoms with van der Waals surface area (Å²) in [7, 11) is 0. The molecule has 132 valence electrons. The van der Waals surface area contributed by atoms with Crippen molar-refractivity contribution in [2.45, 2.75) is 13.3 Å². The van der Waals surface area contributed by atoms with Crippen molar-refractivity contribution < 1.29 is 14.3 Å². The molecule has 6 heteroatoms. The van der Waals surface area contributed by atoms with Crippen LogP contribution in [-0.2, 0) is 9.59 Å². The van der Waals surface area contributed by atoms with E-state index in [4.69, 9.17) is 4.74 Å². The van der Waals surface area contributed by atoms with Crippen LogP contribution >= 0.6 is 11.8 Å². The van der Waals surface area contributed by atoms with E-state index in [1.807, 2.05) is 49.4 Å². The van der Waals surface area contributed by atoms with E-state index in [1.54, 1.807) is 12.1 Å². The SMILES string of the molecule is CCOc1ccc(NC(=O)CSCCC(=O)Nc2ccccc2)cc1. The average Bonchev–Trinajstić information content (AvgIpc) is 2.61. The number of amides is 2. The van der Waals surface area contributed by atoms with Crippen LogP contribution in [0.25, 0.3) is 0 Å². The molecule has 2 rings (SSSR count). The largest absolute Gasteiger partial charge is 0.494 e. The van der Waals surface area contributed by atoms with Crippen molar-refractivity contribution in [2.75, 3.05) is 28.7 Å². The zero-order chi connectivity index (χ0) is 17.9. The van der Waals surface area contributed by atoms with Gasteiger partial charge in [0.2, 0.25) is 11.8 Å². The Morgan fingerprint density at radius 2 is 1.56 bits per heavy atom. The average molecular weight is 358 g/mol. The van der Waals surface area contributed by atoms with Gasteiger partial charge in [-0.3, -0.25) is 9.59 Å². The van der Waals surface area contributed by atoms with E-state index in [9.17, 15) is 9.59 Å². The lowest BCUT2D eigenvalue weighted by Crippen LogP contribution is -2.16. The third-order valence-electron chi connectivity index (χ3n) is 3.21. The van der Waals surface area contributed by atoms with Gasteiger partial charge < -0.3 is 15.4 Å². The maximum Gasteiger partial charge on any atom is 0.234 e. The molecule has 0 spiro atoms. The fourth-order valence-electron chi connectivity index (χ4n) is 2.07. The van der Waals surface area contributed by atoms with Crippen molar-refractivity contribution in [1.29, 1.82) is 0 Å². The molecule has 0 aliphatic heterocycles. The first kappa shape index (κ1) is 18.9. The van der Waals surface area contributed by atoms with Crippen LogP contribution in [0.15, 0.2) is 54.6 Å². The minimum atomic E-state index is -0.0855. The third-order valence-corrected chi connectivity index (χ3v) is 4.17. The van der Waals surface area contributed by atoms with Crippen molar-refractivity contribution in [3.8, 4) is 5.75 Å². The van der Waals surface area contributed by atoms with Crippen molar-refractivity contribution in [2.24, 2.45) is 0 Å². The number of thioether (sulfide) groups is 1. The molecule has 0 aliphatic carbocycles. The summed E-state index contributed by atoms with van der Waals surface area (Å²) in [6.07, 6.45) is 0.371. The first-order valence-corrected chi connectivity index (χ1v) is 9.28. The molecule has 25 heavy (non-hydrogen) atoms. The first-order valence-electron chi connectivity index (χ1n) is 8.12. The topological polar surface area (TPSA) is 67.4 Å². The standard InChI is InChI=1S/C19H22N2O3S/c1-2-24-17-10-8-16(9-11-17)21-19(23)14-25-13-12-18(22)20-15-6-4-3-5-7-15/h3-11H,2,12-14H2,1H3,(H,20,22)(H,21,23). The van der Waals surface area contributed by atoms with Gasteiger partial charge in [0, 0.05) is 23.5 Å². The van der Waals surface area contributed by atoms with Gasteiger partial charge in [-0.25, -0.2) is 0 Å². The number of hydrogen-bond acceptors (Lipinski definition) is 4. The summed E-state index contributed by atoms with van der Waals surface area (Å²) in [6, 6.07) is 16.6. The maximum atomic E-state index is 11.9. The lowest BCUT2D eigenvalue weighted by molar-refractivity contribution is -0.116. The number of nitrogens with one attached hydrogen (secondary N) is 2. The summed E-state index contributed by atoms with van der Waals surface area (Å²) in [6.45, 7) is 2.53.